The third kappa shape index (κ3) is 1.45. The van der Waals surface area contributed by atoms with Crippen molar-refractivity contribution < 1.29 is 9.90 Å². The molecule has 3 nitrogen and oxygen atoms in total. The molecule has 1 aliphatic rings. The Labute approximate surface area is 92.7 Å². The molecular weight excluding hydrogens is 202 g/mol. The van der Waals surface area contributed by atoms with Crippen LogP contribution in [0, 0.1) is 5.92 Å². The molecule has 2 aromatic rings. The van der Waals surface area contributed by atoms with Crippen LogP contribution in [0.2, 0.25) is 0 Å². The maximum atomic E-state index is 10.8. The molecule has 0 spiro atoms. The molecule has 2 atom stereocenters. The van der Waals surface area contributed by atoms with Crippen molar-refractivity contribution in [3.8, 4) is 0 Å². The molecule has 1 heterocycles. The van der Waals surface area contributed by atoms with Gasteiger partial charge in [-0.15, -0.1) is 0 Å². The summed E-state index contributed by atoms with van der Waals surface area (Å²) in [7, 11) is 0. The molecule has 0 radical (unpaired) electrons. The third-order valence-corrected chi connectivity index (χ3v) is 3.11. The van der Waals surface area contributed by atoms with E-state index in [4.69, 9.17) is 5.11 Å². The van der Waals surface area contributed by atoms with Crippen LogP contribution in [0.15, 0.2) is 36.4 Å². The largest absolute Gasteiger partial charge is 0.481 e. The average Bonchev–Trinajstić information content (AvgIpc) is 3.08. The standard InChI is InChI=1S/C13H11NO2/c15-13(16)10-7-9(10)12-6-5-8-3-1-2-4-11(8)14-12/h1-6,9-10H,7H2,(H,15,16). The number of hydrogen-bond donors (Lipinski definition) is 1. The minimum atomic E-state index is -0.708. The molecule has 0 aliphatic heterocycles. The van der Waals surface area contributed by atoms with Crippen LogP contribution in [0.5, 0.6) is 0 Å². The van der Waals surface area contributed by atoms with Gasteiger partial charge in [0.2, 0.25) is 0 Å². The monoisotopic (exact) mass is 213 g/mol. The summed E-state index contributed by atoms with van der Waals surface area (Å²) in [6, 6.07) is 11.8. The number of benzene rings is 1. The number of carboxylic acids is 1. The summed E-state index contributed by atoms with van der Waals surface area (Å²) in [6.45, 7) is 0. The molecule has 0 amide bonds. The van der Waals surface area contributed by atoms with Crippen LogP contribution in [-0.4, -0.2) is 16.1 Å². The summed E-state index contributed by atoms with van der Waals surface area (Å²) in [5.41, 5.74) is 1.85. The van der Waals surface area contributed by atoms with E-state index < -0.39 is 5.97 Å². The van der Waals surface area contributed by atoms with E-state index in [1.54, 1.807) is 0 Å². The van der Waals surface area contributed by atoms with Crippen LogP contribution in [0.25, 0.3) is 10.9 Å². The van der Waals surface area contributed by atoms with Crippen LogP contribution < -0.4 is 0 Å². The highest BCUT2D eigenvalue weighted by Gasteiger charge is 2.45. The number of rotatable bonds is 2. The van der Waals surface area contributed by atoms with Crippen molar-refractivity contribution in [1.29, 1.82) is 0 Å². The van der Waals surface area contributed by atoms with Crippen molar-refractivity contribution in [1.82, 2.24) is 4.98 Å². The number of nitrogens with zero attached hydrogens (tertiary/aromatic N) is 1. The first-order valence-electron chi connectivity index (χ1n) is 5.34. The van der Waals surface area contributed by atoms with Gasteiger partial charge in [-0.1, -0.05) is 24.3 Å². The Kier molecular flexibility index (Phi) is 1.93. The molecule has 0 saturated heterocycles. The maximum absolute atomic E-state index is 10.8. The van der Waals surface area contributed by atoms with Crippen LogP contribution in [-0.2, 0) is 4.79 Å². The van der Waals surface area contributed by atoms with Gasteiger partial charge in [-0.2, -0.15) is 0 Å². The number of aliphatic carboxylic acids is 1. The lowest BCUT2D eigenvalue weighted by Crippen LogP contribution is -1.99. The molecule has 3 rings (SSSR count). The second-order valence-corrected chi connectivity index (χ2v) is 4.22. The van der Waals surface area contributed by atoms with Gasteiger partial charge in [0.25, 0.3) is 0 Å². The molecule has 1 aromatic carbocycles. The summed E-state index contributed by atoms with van der Waals surface area (Å²) in [6.07, 6.45) is 0.723. The zero-order valence-corrected chi connectivity index (χ0v) is 8.63. The predicted molar refractivity (Wildman–Crippen MR) is 60.2 cm³/mol. The Balaban J connectivity index is 1.98. The van der Waals surface area contributed by atoms with Gasteiger partial charge in [-0.25, -0.2) is 0 Å². The van der Waals surface area contributed by atoms with Crippen LogP contribution in [0.1, 0.15) is 18.0 Å². The fourth-order valence-corrected chi connectivity index (χ4v) is 2.08. The lowest BCUT2D eigenvalue weighted by molar-refractivity contribution is -0.138. The second kappa shape index (κ2) is 3.30. The highest BCUT2D eigenvalue weighted by Crippen LogP contribution is 2.46. The van der Waals surface area contributed by atoms with Crippen molar-refractivity contribution in [2.45, 2.75) is 12.3 Å². The zero-order valence-electron chi connectivity index (χ0n) is 8.63. The average molecular weight is 213 g/mol. The Morgan fingerprint density at radius 2 is 2.06 bits per heavy atom. The Hall–Kier alpha value is -1.90. The third-order valence-electron chi connectivity index (χ3n) is 3.11. The summed E-state index contributed by atoms with van der Waals surface area (Å²) in [5.74, 6) is -0.823. The molecule has 80 valence electrons. The predicted octanol–water partition coefficient (Wildman–Crippen LogP) is 2.42. The smallest absolute Gasteiger partial charge is 0.307 e. The van der Waals surface area contributed by atoms with E-state index >= 15 is 0 Å². The Morgan fingerprint density at radius 1 is 1.25 bits per heavy atom. The number of para-hydroxylation sites is 1. The Morgan fingerprint density at radius 3 is 2.81 bits per heavy atom. The fourth-order valence-electron chi connectivity index (χ4n) is 2.08. The summed E-state index contributed by atoms with van der Waals surface area (Å²) >= 11 is 0. The Bertz CT molecular complexity index is 565. The molecule has 3 heteroatoms. The lowest BCUT2D eigenvalue weighted by atomic mass is 10.1. The van der Waals surface area contributed by atoms with E-state index in [0.717, 1.165) is 23.0 Å². The van der Waals surface area contributed by atoms with Crippen molar-refractivity contribution in [3.63, 3.8) is 0 Å². The zero-order chi connectivity index (χ0) is 11.1. The second-order valence-electron chi connectivity index (χ2n) is 4.22. The maximum Gasteiger partial charge on any atom is 0.307 e. The molecule has 1 fully saturated rings. The molecule has 1 aromatic heterocycles. The van der Waals surface area contributed by atoms with Crippen LogP contribution in [0.4, 0.5) is 0 Å². The van der Waals surface area contributed by atoms with Gasteiger partial charge in [0.05, 0.1) is 11.4 Å². The fraction of sp³-hybridized carbons (Fsp3) is 0.231. The summed E-state index contributed by atoms with van der Waals surface area (Å²) < 4.78 is 0. The number of aromatic nitrogens is 1. The van der Waals surface area contributed by atoms with Crippen molar-refractivity contribution >= 4 is 16.9 Å². The molecule has 2 unspecified atom stereocenters. The first-order valence-corrected chi connectivity index (χ1v) is 5.34. The number of carboxylic acid groups (broad SMARTS) is 1. The summed E-state index contributed by atoms with van der Waals surface area (Å²) in [5, 5.41) is 9.97. The SMILES string of the molecule is O=C(O)C1CC1c1ccc2ccccc2n1. The molecule has 1 N–H and O–H groups in total. The van der Waals surface area contributed by atoms with Crippen molar-refractivity contribution in [2.24, 2.45) is 5.92 Å². The lowest BCUT2D eigenvalue weighted by Gasteiger charge is -2.01. The number of pyridine rings is 1. The van der Waals surface area contributed by atoms with E-state index in [0.29, 0.717) is 0 Å². The highest BCUT2D eigenvalue weighted by molar-refractivity contribution is 5.79. The molecule has 1 saturated carbocycles. The van der Waals surface area contributed by atoms with Gasteiger partial charge in [-0.3, -0.25) is 9.78 Å². The molecule has 0 bridgehead atoms. The molecular formula is C13H11NO2. The van der Waals surface area contributed by atoms with E-state index in [2.05, 4.69) is 4.98 Å². The van der Waals surface area contributed by atoms with Gasteiger partial charge < -0.3 is 5.11 Å². The minimum Gasteiger partial charge on any atom is -0.481 e. The van der Waals surface area contributed by atoms with E-state index in [1.165, 1.54) is 0 Å². The molecule has 1 aliphatic carbocycles. The van der Waals surface area contributed by atoms with Crippen LogP contribution >= 0.6 is 0 Å². The normalized spacial score (nSPS) is 23.2. The van der Waals surface area contributed by atoms with E-state index in [-0.39, 0.29) is 11.8 Å². The minimum absolute atomic E-state index is 0.113. The first kappa shape index (κ1) is 9.33. The first-order chi connectivity index (χ1) is 7.75. The molecule has 16 heavy (non-hydrogen) atoms. The van der Waals surface area contributed by atoms with E-state index in [1.807, 2.05) is 36.4 Å². The van der Waals surface area contributed by atoms with Gasteiger partial charge >= 0.3 is 5.97 Å². The van der Waals surface area contributed by atoms with E-state index in [9.17, 15) is 4.79 Å². The number of hydrogen-bond acceptors (Lipinski definition) is 2. The van der Waals surface area contributed by atoms with Gasteiger partial charge in [-0.05, 0) is 18.6 Å². The van der Waals surface area contributed by atoms with Gasteiger partial charge in [0.1, 0.15) is 0 Å². The number of carbonyl (C=O) groups is 1. The van der Waals surface area contributed by atoms with Crippen molar-refractivity contribution in [3.05, 3.63) is 42.1 Å². The van der Waals surface area contributed by atoms with Crippen molar-refractivity contribution in [2.75, 3.05) is 0 Å². The summed E-state index contributed by atoms with van der Waals surface area (Å²) in [4.78, 5) is 15.3. The van der Waals surface area contributed by atoms with Crippen LogP contribution in [0.3, 0.4) is 0 Å². The van der Waals surface area contributed by atoms with Gasteiger partial charge in [0, 0.05) is 17.0 Å². The number of fused-ring (bicyclic) bond motifs is 1. The van der Waals surface area contributed by atoms with Gasteiger partial charge in [0.15, 0.2) is 0 Å². The quantitative estimate of drug-likeness (QED) is 0.833. The topological polar surface area (TPSA) is 50.2 Å². The highest BCUT2D eigenvalue weighted by atomic mass is 16.4.